The van der Waals surface area contributed by atoms with E-state index in [1.54, 1.807) is 17.2 Å². The van der Waals surface area contributed by atoms with Crippen molar-refractivity contribution in [2.45, 2.75) is 31.7 Å². The molecule has 2 amide bonds. The number of nitrogens with zero attached hydrogens (tertiary/aromatic N) is 2. The van der Waals surface area contributed by atoms with E-state index in [2.05, 4.69) is 15.6 Å². The van der Waals surface area contributed by atoms with Crippen LogP contribution in [0.5, 0.6) is 0 Å². The molecule has 1 saturated carbocycles. The third-order valence-electron chi connectivity index (χ3n) is 4.82. The van der Waals surface area contributed by atoms with Crippen molar-refractivity contribution >= 4 is 23.3 Å². The zero-order valence-corrected chi connectivity index (χ0v) is 13.6. The lowest BCUT2D eigenvalue weighted by atomic mass is 9.99. The monoisotopic (exact) mass is 330 g/mol. The van der Waals surface area contributed by atoms with Gasteiger partial charge in [-0.15, -0.1) is 0 Å². The first-order valence-electron chi connectivity index (χ1n) is 8.63. The van der Waals surface area contributed by atoms with Crippen molar-refractivity contribution in [3.8, 4) is 0 Å². The average molecular weight is 330 g/mol. The number of ether oxygens (including phenoxy) is 1. The van der Waals surface area contributed by atoms with Crippen LogP contribution < -0.4 is 15.5 Å². The quantitative estimate of drug-likeness (QED) is 0.865. The van der Waals surface area contributed by atoms with Gasteiger partial charge in [0.05, 0.1) is 17.8 Å². The highest BCUT2D eigenvalue weighted by molar-refractivity contribution is 6.04. The zero-order chi connectivity index (χ0) is 16.5. The summed E-state index contributed by atoms with van der Waals surface area (Å²) < 4.78 is 5.40. The van der Waals surface area contributed by atoms with Gasteiger partial charge in [-0.05, 0) is 37.7 Å². The molecule has 1 saturated heterocycles. The van der Waals surface area contributed by atoms with Crippen LogP contribution in [0.15, 0.2) is 12.3 Å². The largest absolute Gasteiger partial charge is 0.381 e. The molecule has 24 heavy (non-hydrogen) atoms. The van der Waals surface area contributed by atoms with Gasteiger partial charge in [-0.1, -0.05) is 0 Å². The average Bonchev–Trinajstić information content (AvgIpc) is 3.42. The number of nitrogens with one attached hydrogen (secondary N) is 2. The summed E-state index contributed by atoms with van der Waals surface area (Å²) >= 11 is 0. The fraction of sp³-hybridized carbons (Fsp3) is 0.588. The van der Waals surface area contributed by atoms with Crippen molar-refractivity contribution in [1.82, 2.24) is 10.3 Å². The molecular formula is C17H22N4O3. The van der Waals surface area contributed by atoms with Gasteiger partial charge in [0.1, 0.15) is 5.82 Å². The van der Waals surface area contributed by atoms with Gasteiger partial charge in [0, 0.05) is 32.0 Å². The molecule has 0 radical (unpaired) electrons. The van der Waals surface area contributed by atoms with Crippen molar-refractivity contribution in [2.75, 3.05) is 36.5 Å². The van der Waals surface area contributed by atoms with E-state index in [-0.39, 0.29) is 18.4 Å². The number of rotatable bonds is 4. The lowest BCUT2D eigenvalue weighted by molar-refractivity contribution is -0.117. The molecule has 3 aliphatic rings. The van der Waals surface area contributed by atoms with E-state index in [9.17, 15) is 9.59 Å². The van der Waals surface area contributed by atoms with Gasteiger partial charge in [-0.2, -0.15) is 0 Å². The number of carbonyl (C=O) groups excluding carboxylic acids is 2. The maximum atomic E-state index is 12.4. The Balaban J connectivity index is 1.56. The van der Waals surface area contributed by atoms with Crippen molar-refractivity contribution in [2.24, 2.45) is 5.92 Å². The molecule has 0 bridgehead atoms. The minimum atomic E-state index is -0.114. The normalized spacial score (nSPS) is 21.2. The third-order valence-corrected chi connectivity index (χ3v) is 4.82. The molecule has 0 atom stereocenters. The van der Waals surface area contributed by atoms with Crippen LogP contribution in [-0.2, 0) is 9.53 Å². The van der Waals surface area contributed by atoms with E-state index in [0.29, 0.717) is 35.6 Å². The van der Waals surface area contributed by atoms with Crippen LogP contribution in [0.4, 0.5) is 11.5 Å². The molecule has 2 N–H and O–H groups in total. The highest BCUT2D eigenvalue weighted by atomic mass is 16.5. The molecule has 2 fully saturated rings. The summed E-state index contributed by atoms with van der Waals surface area (Å²) in [5, 5.41) is 6.01. The topological polar surface area (TPSA) is 83.6 Å². The number of hydrogen-bond acceptors (Lipinski definition) is 5. The Morgan fingerprint density at radius 3 is 2.88 bits per heavy atom. The second-order valence-electron chi connectivity index (χ2n) is 6.75. The predicted octanol–water partition coefficient (Wildman–Crippen LogP) is 1.16. The zero-order valence-electron chi connectivity index (χ0n) is 13.6. The van der Waals surface area contributed by atoms with Crippen molar-refractivity contribution < 1.29 is 14.3 Å². The lowest BCUT2D eigenvalue weighted by Gasteiger charge is -2.33. The molecule has 1 aromatic rings. The van der Waals surface area contributed by atoms with Crippen LogP contribution in [-0.4, -0.2) is 49.1 Å². The Morgan fingerprint density at radius 2 is 2.12 bits per heavy atom. The second kappa shape index (κ2) is 6.39. The van der Waals surface area contributed by atoms with Crippen molar-refractivity contribution in [3.05, 3.63) is 17.8 Å². The SMILES string of the molecule is O=C(NC1CC1)c1cnc2c(c1)N(CC1CCOCC1)C(=O)CN2. The van der Waals surface area contributed by atoms with Gasteiger partial charge in [-0.25, -0.2) is 4.98 Å². The minimum Gasteiger partial charge on any atom is -0.381 e. The molecule has 7 nitrogen and oxygen atoms in total. The third kappa shape index (κ3) is 3.21. The number of pyridine rings is 1. The summed E-state index contributed by atoms with van der Waals surface area (Å²) in [5.41, 5.74) is 1.22. The van der Waals surface area contributed by atoms with E-state index < -0.39 is 0 Å². The lowest BCUT2D eigenvalue weighted by Crippen LogP contribution is -2.44. The number of anilines is 2. The van der Waals surface area contributed by atoms with E-state index in [0.717, 1.165) is 38.9 Å². The maximum Gasteiger partial charge on any atom is 0.253 e. The fourth-order valence-corrected chi connectivity index (χ4v) is 3.19. The molecule has 2 aliphatic heterocycles. The van der Waals surface area contributed by atoms with Gasteiger partial charge < -0.3 is 20.3 Å². The fourth-order valence-electron chi connectivity index (χ4n) is 3.19. The molecule has 1 aliphatic carbocycles. The highest BCUT2D eigenvalue weighted by Crippen LogP contribution is 2.31. The molecule has 7 heteroatoms. The van der Waals surface area contributed by atoms with Gasteiger partial charge in [-0.3, -0.25) is 9.59 Å². The number of fused-ring (bicyclic) bond motifs is 1. The Hall–Kier alpha value is -2.15. The van der Waals surface area contributed by atoms with E-state index >= 15 is 0 Å². The Morgan fingerprint density at radius 1 is 1.33 bits per heavy atom. The Kier molecular flexibility index (Phi) is 4.10. The summed E-state index contributed by atoms with van der Waals surface area (Å²) in [6.07, 6.45) is 5.58. The molecule has 0 spiro atoms. The summed E-state index contributed by atoms with van der Waals surface area (Å²) in [5.74, 6) is 1.01. The van der Waals surface area contributed by atoms with Gasteiger partial charge >= 0.3 is 0 Å². The van der Waals surface area contributed by atoms with Crippen LogP contribution in [0.25, 0.3) is 0 Å². The van der Waals surface area contributed by atoms with Crippen LogP contribution >= 0.6 is 0 Å². The highest BCUT2D eigenvalue weighted by Gasteiger charge is 2.30. The molecule has 1 aromatic heterocycles. The van der Waals surface area contributed by atoms with Crippen LogP contribution in [0.1, 0.15) is 36.0 Å². The molecule has 4 rings (SSSR count). The Bertz CT molecular complexity index is 653. The van der Waals surface area contributed by atoms with Gasteiger partial charge in [0.15, 0.2) is 0 Å². The number of carbonyl (C=O) groups is 2. The molecule has 0 aromatic carbocycles. The maximum absolute atomic E-state index is 12.4. The number of amides is 2. The second-order valence-corrected chi connectivity index (χ2v) is 6.75. The number of aromatic nitrogens is 1. The summed E-state index contributed by atoms with van der Waals surface area (Å²) in [6, 6.07) is 2.08. The predicted molar refractivity (Wildman–Crippen MR) is 89.1 cm³/mol. The Labute approximate surface area is 140 Å². The standard InChI is InChI=1S/C17H22N4O3/c22-15-9-19-16-14(21(15)10-11-3-5-24-6-4-11)7-12(8-18-16)17(23)20-13-1-2-13/h7-8,11,13H,1-6,9-10H2,(H,18,19)(H,20,23). The molecular weight excluding hydrogens is 308 g/mol. The summed E-state index contributed by atoms with van der Waals surface area (Å²) in [4.78, 5) is 30.8. The molecule has 3 heterocycles. The number of hydrogen-bond donors (Lipinski definition) is 2. The van der Waals surface area contributed by atoms with Crippen LogP contribution in [0, 0.1) is 5.92 Å². The first kappa shape index (κ1) is 15.4. The van der Waals surface area contributed by atoms with E-state index in [1.807, 2.05) is 0 Å². The van der Waals surface area contributed by atoms with Crippen LogP contribution in [0.3, 0.4) is 0 Å². The van der Waals surface area contributed by atoms with Crippen molar-refractivity contribution in [1.29, 1.82) is 0 Å². The van der Waals surface area contributed by atoms with Crippen LogP contribution in [0.2, 0.25) is 0 Å². The first-order valence-corrected chi connectivity index (χ1v) is 8.63. The van der Waals surface area contributed by atoms with Gasteiger partial charge in [0.2, 0.25) is 5.91 Å². The first-order chi connectivity index (χ1) is 11.7. The van der Waals surface area contributed by atoms with E-state index in [1.165, 1.54) is 0 Å². The van der Waals surface area contributed by atoms with Gasteiger partial charge in [0.25, 0.3) is 5.91 Å². The summed E-state index contributed by atoms with van der Waals surface area (Å²) in [6.45, 7) is 2.41. The van der Waals surface area contributed by atoms with Crippen molar-refractivity contribution in [3.63, 3.8) is 0 Å². The minimum absolute atomic E-state index is 0.0237. The molecule has 128 valence electrons. The van der Waals surface area contributed by atoms with E-state index in [4.69, 9.17) is 4.74 Å². The molecule has 0 unspecified atom stereocenters. The summed E-state index contributed by atoms with van der Waals surface area (Å²) in [7, 11) is 0. The smallest absolute Gasteiger partial charge is 0.253 e.